The SMILES string of the molecule is CCn1c(-c2cccnc2C(C)OC)c(CC(C)(C)COC=O)c2cc(-c3nc(CC(NC(=O)C(C(C)C)N(C)C(C)=O)C(=O)N4CCC[C@@H](C)N4)cs3)ccc21. The molecule has 3 amide bonds. The minimum Gasteiger partial charge on any atom is -0.467 e. The van der Waals surface area contributed by atoms with Crippen LogP contribution < -0.4 is 10.7 Å². The van der Waals surface area contributed by atoms with Crippen LogP contribution in [0.5, 0.6) is 0 Å². The predicted molar refractivity (Wildman–Crippen MR) is 223 cm³/mol. The van der Waals surface area contributed by atoms with Crippen LogP contribution in [0.2, 0.25) is 0 Å². The molecule has 4 atom stereocenters. The molecule has 57 heavy (non-hydrogen) atoms. The number of benzene rings is 1. The minimum absolute atomic E-state index is 0.122. The van der Waals surface area contributed by atoms with E-state index < -0.39 is 12.1 Å². The summed E-state index contributed by atoms with van der Waals surface area (Å²) in [5.41, 5.74) is 9.51. The zero-order valence-corrected chi connectivity index (χ0v) is 35.9. The summed E-state index contributed by atoms with van der Waals surface area (Å²) in [5.74, 6) is -1.02. The Balaban J connectivity index is 1.56. The highest BCUT2D eigenvalue weighted by Crippen LogP contribution is 2.42. The summed E-state index contributed by atoms with van der Waals surface area (Å²) in [7, 11) is 3.29. The zero-order chi connectivity index (χ0) is 41.6. The number of amides is 3. The summed E-state index contributed by atoms with van der Waals surface area (Å²) >= 11 is 1.48. The van der Waals surface area contributed by atoms with Crippen molar-refractivity contribution < 1.29 is 28.7 Å². The van der Waals surface area contributed by atoms with Gasteiger partial charge in [-0.15, -0.1) is 11.3 Å². The van der Waals surface area contributed by atoms with E-state index in [0.717, 1.165) is 56.8 Å². The highest BCUT2D eigenvalue weighted by molar-refractivity contribution is 7.13. The smallest absolute Gasteiger partial charge is 0.293 e. The van der Waals surface area contributed by atoms with Gasteiger partial charge >= 0.3 is 0 Å². The number of hydrogen-bond donors (Lipinski definition) is 2. The Morgan fingerprint density at radius 2 is 1.95 bits per heavy atom. The molecular weight excluding hydrogens is 743 g/mol. The lowest BCUT2D eigenvalue weighted by Crippen LogP contribution is -2.60. The van der Waals surface area contributed by atoms with Crippen LogP contribution in [0.3, 0.4) is 0 Å². The van der Waals surface area contributed by atoms with Gasteiger partial charge < -0.3 is 24.3 Å². The Hall–Kier alpha value is -4.66. The third-order valence-electron chi connectivity index (χ3n) is 10.8. The van der Waals surface area contributed by atoms with Gasteiger partial charge in [0.2, 0.25) is 11.8 Å². The Kier molecular flexibility index (Phi) is 14.3. The maximum Gasteiger partial charge on any atom is 0.293 e. The maximum absolute atomic E-state index is 14.1. The average Bonchev–Trinajstić information content (AvgIpc) is 3.77. The molecular formula is C43H59N7O6S. The molecule has 13 nitrogen and oxygen atoms in total. The molecule has 0 radical (unpaired) electrons. The fourth-order valence-corrected chi connectivity index (χ4v) is 8.68. The van der Waals surface area contributed by atoms with Crippen molar-refractivity contribution in [1.29, 1.82) is 0 Å². The molecule has 0 spiro atoms. The lowest BCUT2D eigenvalue weighted by Gasteiger charge is -2.36. The molecule has 2 N–H and O–H groups in total. The standard InChI is InChI=1S/C43H59N7O6S/c1-11-49-36-17-16-30(20-33(36)34(22-43(7,8)24-56-25-51)39(49)32-15-12-18-44-37(32)28(5)55-10)41-45-31(23-57-41)21-35(42(54)50-19-13-14-27(4)47-50)46-40(53)38(26(2)3)48(9)29(6)52/h12,15-18,20,23,25-28,35,38,47H,11,13-14,19,21-22,24H2,1-10H3,(H,46,53)/t27-,28?,35?,38?/m1/s1. The van der Waals surface area contributed by atoms with Crippen LogP contribution in [-0.2, 0) is 48.0 Å². The number of likely N-dealkylation sites (N-methyl/N-ethyl adjacent to an activating group) is 1. The molecule has 1 aromatic carbocycles. The number of aromatic nitrogens is 3. The first-order chi connectivity index (χ1) is 27.1. The van der Waals surface area contributed by atoms with Crippen molar-refractivity contribution in [2.24, 2.45) is 11.3 Å². The monoisotopic (exact) mass is 801 g/mol. The fraction of sp³-hybridized carbons (Fsp3) is 0.535. The number of ether oxygens (including phenoxy) is 2. The van der Waals surface area contributed by atoms with E-state index >= 15 is 0 Å². The molecule has 3 aromatic heterocycles. The van der Waals surface area contributed by atoms with Crippen LogP contribution >= 0.6 is 11.3 Å². The molecule has 1 aliphatic rings. The fourth-order valence-electron chi connectivity index (χ4n) is 7.85. The lowest BCUT2D eigenvalue weighted by molar-refractivity contribution is -0.144. The van der Waals surface area contributed by atoms with E-state index in [-0.39, 0.29) is 54.2 Å². The molecule has 4 heterocycles. The van der Waals surface area contributed by atoms with E-state index in [0.29, 0.717) is 31.7 Å². The van der Waals surface area contributed by atoms with Crippen LogP contribution in [0.25, 0.3) is 32.7 Å². The summed E-state index contributed by atoms with van der Waals surface area (Å²) in [4.78, 5) is 62.7. The van der Waals surface area contributed by atoms with Gasteiger partial charge in [-0.3, -0.25) is 29.2 Å². The highest BCUT2D eigenvalue weighted by Gasteiger charge is 2.35. The van der Waals surface area contributed by atoms with E-state index in [9.17, 15) is 19.2 Å². The number of rotatable bonds is 17. The van der Waals surface area contributed by atoms with E-state index in [4.69, 9.17) is 19.4 Å². The van der Waals surface area contributed by atoms with Gasteiger partial charge in [0.1, 0.15) is 17.1 Å². The van der Waals surface area contributed by atoms with Crippen molar-refractivity contribution in [3.05, 3.63) is 58.9 Å². The van der Waals surface area contributed by atoms with Gasteiger partial charge in [-0.2, -0.15) is 0 Å². The third-order valence-corrected chi connectivity index (χ3v) is 11.8. The van der Waals surface area contributed by atoms with Crippen LogP contribution in [0.1, 0.15) is 91.3 Å². The third kappa shape index (κ3) is 9.90. The lowest BCUT2D eigenvalue weighted by atomic mass is 9.84. The van der Waals surface area contributed by atoms with E-state index in [1.54, 1.807) is 25.4 Å². The van der Waals surface area contributed by atoms with Crippen LogP contribution in [0.15, 0.2) is 41.9 Å². The number of fused-ring (bicyclic) bond motifs is 1. The molecule has 0 saturated carbocycles. The molecule has 3 unspecified atom stereocenters. The zero-order valence-electron chi connectivity index (χ0n) is 35.0. The number of carbonyl (C=O) groups excluding carboxylic acids is 4. The number of hydrogen-bond acceptors (Lipinski definition) is 10. The second-order valence-corrected chi connectivity index (χ2v) is 17.1. The van der Waals surface area contributed by atoms with Crippen LogP contribution in [0, 0.1) is 11.3 Å². The van der Waals surface area contributed by atoms with Gasteiger partial charge in [0.15, 0.2) is 0 Å². The largest absolute Gasteiger partial charge is 0.467 e. The van der Waals surface area contributed by atoms with Crippen LogP contribution in [-0.4, -0.2) is 94.1 Å². The Labute approximate surface area is 340 Å². The Morgan fingerprint density at radius 1 is 1.19 bits per heavy atom. The van der Waals surface area contributed by atoms with Crippen molar-refractivity contribution >= 4 is 46.4 Å². The maximum atomic E-state index is 14.1. The first-order valence-electron chi connectivity index (χ1n) is 19.8. The number of thiazole rings is 1. The molecule has 0 aliphatic carbocycles. The van der Waals surface area contributed by atoms with Crippen molar-refractivity contribution in [1.82, 2.24) is 35.2 Å². The quantitative estimate of drug-likeness (QED) is 0.117. The summed E-state index contributed by atoms with van der Waals surface area (Å²) < 4.78 is 13.4. The first-order valence-corrected chi connectivity index (χ1v) is 20.7. The number of methoxy groups -OCH3 is 1. The molecule has 1 fully saturated rings. The number of nitrogens with one attached hydrogen (secondary N) is 2. The van der Waals surface area contributed by atoms with E-state index in [2.05, 4.69) is 60.3 Å². The van der Waals surface area contributed by atoms with Crippen molar-refractivity contribution in [3.63, 3.8) is 0 Å². The number of nitrogens with zero attached hydrogens (tertiary/aromatic N) is 5. The summed E-state index contributed by atoms with van der Waals surface area (Å²) in [5, 5.41) is 8.40. The first kappa shape index (κ1) is 43.5. The van der Waals surface area contributed by atoms with Gasteiger partial charge in [0.05, 0.1) is 29.8 Å². The molecule has 5 rings (SSSR count). The Morgan fingerprint density at radius 3 is 2.60 bits per heavy atom. The van der Waals surface area contributed by atoms with Gasteiger partial charge in [-0.1, -0.05) is 27.7 Å². The molecule has 1 aliphatic heterocycles. The number of aryl methyl sites for hydroxylation is 1. The van der Waals surface area contributed by atoms with Gasteiger partial charge in [0, 0.05) is 85.7 Å². The normalized spacial score (nSPS) is 16.3. The number of carbonyl (C=O) groups is 4. The number of hydrazine groups is 1. The van der Waals surface area contributed by atoms with E-state index in [1.807, 2.05) is 39.1 Å². The van der Waals surface area contributed by atoms with Crippen molar-refractivity contribution in [2.45, 2.75) is 112 Å². The van der Waals surface area contributed by atoms with Crippen LogP contribution in [0.4, 0.5) is 0 Å². The highest BCUT2D eigenvalue weighted by atomic mass is 32.1. The average molecular weight is 802 g/mol. The van der Waals surface area contributed by atoms with Crippen molar-refractivity contribution in [3.8, 4) is 21.8 Å². The molecule has 14 heteroatoms. The summed E-state index contributed by atoms with van der Waals surface area (Å²) in [6.07, 6.45) is 4.14. The second kappa shape index (κ2) is 18.7. The predicted octanol–water partition coefficient (Wildman–Crippen LogP) is 6.34. The van der Waals surface area contributed by atoms with Gasteiger partial charge in [0.25, 0.3) is 12.4 Å². The number of pyridine rings is 1. The minimum atomic E-state index is -0.902. The summed E-state index contributed by atoms with van der Waals surface area (Å²) in [6.45, 7) is 17.5. The Bertz CT molecular complexity index is 2060. The van der Waals surface area contributed by atoms with E-state index in [1.165, 1.54) is 23.2 Å². The van der Waals surface area contributed by atoms with Gasteiger partial charge in [-0.05, 0) is 81.8 Å². The second-order valence-electron chi connectivity index (χ2n) is 16.3. The van der Waals surface area contributed by atoms with Gasteiger partial charge in [-0.25, -0.2) is 10.4 Å². The molecule has 1 saturated heterocycles. The molecule has 0 bridgehead atoms. The molecule has 4 aromatic rings. The topological polar surface area (TPSA) is 148 Å². The molecule has 308 valence electrons. The van der Waals surface area contributed by atoms with Crippen molar-refractivity contribution in [2.75, 3.05) is 27.3 Å². The summed E-state index contributed by atoms with van der Waals surface area (Å²) in [6, 6.07) is 8.87.